The lowest BCUT2D eigenvalue weighted by atomic mass is 10.1. The second-order valence-corrected chi connectivity index (χ2v) is 5.76. The Labute approximate surface area is 120 Å². The van der Waals surface area contributed by atoms with Crippen LogP contribution in [0.5, 0.6) is 0 Å². The molecule has 0 bridgehead atoms. The second-order valence-electron chi connectivity index (χ2n) is 5.76. The van der Waals surface area contributed by atoms with Gasteiger partial charge in [0.2, 0.25) is 0 Å². The lowest BCUT2D eigenvalue weighted by Gasteiger charge is -2.32. The summed E-state index contributed by atoms with van der Waals surface area (Å²) >= 11 is 0. The van der Waals surface area contributed by atoms with Gasteiger partial charge in [-0.1, -0.05) is 52.4 Å². The third-order valence-corrected chi connectivity index (χ3v) is 4.17. The van der Waals surface area contributed by atoms with E-state index in [4.69, 9.17) is 0 Å². The van der Waals surface area contributed by atoms with Gasteiger partial charge in [-0.15, -0.1) is 0 Å². The highest BCUT2D eigenvalue weighted by molar-refractivity contribution is 4.96. The molecule has 2 nitrogen and oxygen atoms in total. The van der Waals surface area contributed by atoms with E-state index in [1.165, 1.54) is 64.3 Å². The number of hydrogen-bond acceptors (Lipinski definition) is 2. The van der Waals surface area contributed by atoms with E-state index in [1.807, 2.05) is 0 Å². The number of hydrogen-bond donors (Lipinski definition) is 0. The van der Waals surface area contributed by atoms with Crippen molar-refractivity contribution in [3.63, 3.8) is 0 Å². The average Bonchev–Trinajstić information content (AvgIpc) is 2.82. The Morgan fingerprint density at radius 1 is 0.737 bits per heavy atom. The van der Waals surface area contributed by atoms with Crippen LogP contribution in [0.3, 0.4) is 0 Å². The van der Waals surface area contributed by atoms with Crippen LogP contribution in [-0.4, -0.2) is 29.1 Å². The molecule has 112 valence electrons. The van der Waals surface area contributed by atoms with Gasteiger partial charge in [0.15, 0.2) is 0 Å². The highest BCUT2D eigenvalue weighted by Crippen LogP contribution is 2.21. The molecule has 0 aliphatic carbocycles. The van der Waals surface area contributed by atoms with Gasteiger partial charge < -0.3 is 9.80 Å². The summed E-state index contributed by atoms with van der Waals surface area (Å²) in [4.78, 5) is 5.06. The zero-order valence-electron chi connectivity index (χ0n) is 13.4. The number of unbranched alkanes of at least 4 members (excludes halogenated alkanes) is 6. The molecule has 0 aromatic heterocycles. The maximum absolute atomic E-state index is 2.57. The van der Waals surface area contributed by atoms with Crippen LogP contribution >= 0.6 is 0 Å². The quantitative estimate of drug-likeness (QED) is 0.487. The zero-order valence-corrected chi connectivity index (χ0v) is 13.4. The summed E-state index contributed by atoms with van der Waals surface area (Å²) in [6.45, 7) is 9.21. The Morgan fingerprint density at radius 2 is 1.37 bits per heavy atom. The van der Waals surface area contributed by atoms with Crippen LogP contribution in [0.25, 0.3) is 0 Å². The van der Waals surface area contributed by atoms with Crippen molar-refractivity contribution in [1.29, 1.82) is 0 Å². The molecule has 0 saturated carbocycles. The predicted molar refractivity (Wildman–Crippen MR) is 84.9 cm³/mol. The average molecular weight is 266 g/mol. The summed E-state index contributed by atoms with van der Waals surface area (Å²) in [7, 11) is 0. The molecule has 19 heavy (non-hydrogen) atoms. The summed E-state index contributed by atoms with van der Waals surface area (Å²) in [5, 5.41) is 0. The smallest absolute Gasteiger partial charge is 0.101 e. The van der Waals surface area contributed by atoms with Crippen molar-refractivity contribution in [2.75, 3.05) is 13.1 Å². The van der Waals surface area contributed by atoms with Crippen molar-refractivity contribution in [2.45, 2.75) is 84.7 Å². The predicted octanol–water partition coefficient (Wildman–Crippen LogP) is 4.97. The molecule has 0 aromatic rings. The van der Waals surface area contributed by atoms with E-state index < -0.39 is 0 Å². The Bertz CT molecular complexity index is 237. The van der Waals surface area contributed by atoms with E-state index >= 15 is 0 Å². The Morgan fingerprint density at radius 3 is 2.05 bits per heavy atom. The first kappa shape index (κ1) is 16.4. The molecule has 1 aliphatic rings. The van der Waals surface area contributed by atoms with Crippen LogP contribution in [0.4, 0.5) is 0 Å². The first-order chi connectivity index (χ1) is 9.33. The third kappa shape index (κ3) is 5.88. The molecule has 1 aliphatic heterocycles. The molecule has 2 heteroatoms. The molecule has 1 atom stereocenters. The van der Waals surface area contributed by atoms with Crippen molar-refractivity contribution in [3.8, 4) is 0 Å². The monoisotopic (exact) mass is 266 g/mol. The van der Waals surface area contributed by atoms with Crippen LogP contribution in [0.1, 0.15) is 78.6 Å². The molecule has 0 fully saturated rings. The van der Waals surface area contributed by atoms with Gasteiger partial charge in [0.1, 0.15) is 6.17 Å². The summed E-state index contributed by atoms with van der Waals surface area (Å²) in [6, 6.07) is 0. The molecule has 0 N–H and O–H groups in total. The van der Waals surface area contributed by atoms with Crippen molar-refractivity contribution in [2.24, 2.45) is 0 Å². The van der Waals surface area contributed by atoms with E-state index in [-0.39, 0.29) is 0 Å². The second kappa shape index (κ2) is 10.2. The van der Waals surface area contributed by atoms with Gasteiger partial charge in [-0.3, -0.25) is 0 Å². The van der Waals surface area contributed by atoms with Crippen LogP contribution in [0, 0.1) is 0 Å². The van der Waals surface area contributed by atoms with Crippen LogP contribution < -0.4 is 0 Å². The lowest BCUT2D eigenvalue weighted by Crippen LogP contribution is -2.38. The maximum Gasteiger partial charge on any atom is 0.101 e. The van der Waals surface area contributed by atoms with Gasteiger partial charge in [-0.25, -0.2) is 0 Å². The number of rotatable bonds is 11. The summed E-state index contributed by atoms with van der Waals surface area (Å²) in [6.07, 6.45) is 17.6. The first-order valence-corrected chi connectivity index (χ1v) is 8.53. The summed E-state index contributed by atoms with van der Waals surface area (Å²) in [5.74, 6) is 0. The highest BCUT2D eigenvalue weighted by atomic mass is 15.4. The molecule has 1 unspecified atom stereocenters. The van der Waals surface area contributed by atoms with Gasteiger partial charge >= 0.3 is 0 Å². The molecule has 1 heterocycles. The molecule has 0 amide bonds. The molecule has 0 spiro atoms. The van der Waals surface area contributed by atoms with Gasteiger partial charge in [0.25, 0.3) is 0 Å². The fourth-order valence-corrected chi connectivity index (χ4v) is 2.89. The lowest BCUT2D eigenvalue weighted by molar-refractivity contribution is 0.143. The largest absolute Gasteiger partial charge is 0.356 e. The van der Waals surface area contributed by atoms with Gasteiger partial charge in [-0.2, -0.15) is 0 Å². The molecule has 0 radical (unpaired) electrons. The van der Waals surface area contributed by atoms with Gasteiger partial charge in [-0.05, 0) is 26.2 Å². The van der Waals surface area contributed by atoms with Crippen molar-refractivity contribution in [1.82, 2.24) is 9.80 Å². The minimum atomic E-state index is 0.639. The minimum absolute atomic E-state index is 0.639. The van der Waals surface area contributed by atoms with Gasteiger partial charge in [0, 0.05) is 25.5 Å². The molecule has 0 aromatic carbocycles. The third-order valence-electron chi connectivity index (χ3n) is 4.17. The topological polar surface area (TPSA) is 6.48 Å². The zero-order chi connectivity index (χ0) is 13.9. The van der Waals surface area contributed by atoms with Crippen LogP contribution in [0.15, 0.2) is 12.4 Å². The molecular formula is C17H34N2. The van der Waals surface area contributed by atoms with Crippen LogP contribution in [-0.2, 0) is 0 Å². The number of nitrogens with zero attached hydrogens (tertiary/aromatic N) is 2. The Kier molecular flexibility index (Phi) is 8.77. The van der Waals surface area contributed by atoms with E-state index in [1.54, 1.807) is 0 Å². The standard InChI is InChI=1S/C17H34N2/c1-4-7-9-10-11-12-14-19-16-15-18(6-3)17(19)13-8-5-2/h15-17H,4-14H2,1-3H3. The fourth-order valence-electron chi connectivity index (χ4n) is 2.89. The van der Waals surface area contributed by atoms with Crippen molar-refractivity contribution < 1.29 is 0 Å². The Hall–Kier alpha value is -0.660. The molecular weight excluding hydrogens is 232 g/mol. The van der Waals surface area contributed by atoms with E-state index in [2.05, 4.69) is 43.0 Å². The summed E-state index contributed by atoms with van der Waals surface area (Å²) < 4.78 is 0. The fraction of sp³-hybridized carbons (Fsp3) is 0.882. The molecule has 1 rings (SSSR count). The maximum atomic E-state index is 2.57. The SMILES string of the molecule is CCCCCCCCN1C=CN(CC)C1CCCC. The van der Waals surface area contributed by atoms with Crippen LogP contribution in [0.2, 0.25) is 0 Å². The van der Waals surface area contributed by atoms with E-state index in [9.17, 15) is 0 Å². The first-order valence-electron chi connectivity index (χ1n) is 8.53. The normalized spacial score (nSPS) is 18.6. The van der Waals surface area contributed by atoms with Crippen molar-refractivity contribution in [3.05, 3.63) is 12.4 Å². The van der Waals surface area contributed by atoms with Crippen molar-refractivity contribution >= 4 is 0 Å². The highest BCUT2D eigenvalue weighted by Gasteiger charge is 2.23. The summed E-state index contributed by atoms with van der Waals surface area (Å²) in [5.41, 5.74) is 0. The Balaban J connectivity index is 2.21. The minimum Gasteiger partial charge on any atom is -0.356 e. The van der Waals surface area contributed by atoms with Gasteiger partial charge in [0.05, 0.1) is 0 Å². The van der Waals surface area contributed by atoms with E-state index in [0.717, 1.165) is 6.54 Å². The van der Waals surface area contributed by atoms with E-state index in [0.29, 0.717) is 6.17 Å². The molecule has 0 saturated heterocycles.